The molecule has 0 aromatic carbocycles. The molecule has 1 aromatic rings. The molecule has 0 amide bonds. The van der Waals surface area contributed by atoms with E-state index in [1.165, 1.54) is 41.5 Å². The van der Waals surface area contributed by atoms with Gasteiger partial charge in [-0.1, -0.05) is 26.7 Å². The smallest absolute Gasteiger partial charge is 0.0285 e. The second-order valence-corrected chi connectivity index (χ2v) is 8.27. The van der Waals surface area contributed by atoms with E-state index < -0.39 is 0 Å². The van der Waals surface area contributed by atoms with E-state index in [0.717, 1.165) is 18.3 Å². The van der Waals surface area contributed by atoms with Crippen molar-refractivity contribution >= 4 is 27.3 Å². The van der Waals surface area contributed by atoms with E-state index in [4.69, 9.17) is 5.73 Å². The Balaban J connectivity index is 1.97. The first-order chi connectivity index (χ1) is 8.47. The molecule has 0 aliphatic heterocycles. The summed E-state index contributed by atoms with van der Waals surface area (Å²) in [6.07, 6.45) is 7.48. The molecule has 0 saturated heterocycles. The number of hydrogen-bond acceptors (Lipinski definition) is 2. The van der Waals surface area contributed by atoms with Crippen molar-refractivity contribution < 1.29 is 0 Å². The molecule has 2 atom stereocenters. The van der Waals surface area contributed by atoms with Gasteiger partial charge in [0, 0.05) is 20.3 Å². The zero-order valence-corrected chi connectivity index (χ0v) is 13.8. The Morgan fingerprint density at radius 3 is 2.94 bits per heavy atom. The summed E-state index contributed by atoms with van der Waals surface area (Å²) in [5.74, 6) is 1.64. The lowest BCUT2D eigenvalue weighted by atomic mass is 9.72. The van der Waals surface area contributed by atoms with Crippen LogP contribution in [0.5, 0.6) is 0 Å². The second-order valence-electron chi connectivity index (χ2n) is 6.36. The number of hydrogen-bond donors (Lipinski definition) is 1. The molecule has 2 rings (SSSR count). The zero-order chi connectivity index (χ0) is 13.2. The van der Waals surface area contributed by atoms with Crippen LogP contribution in [-0.2, 0) is 6.42 Å². The highest BCUT2D eigenvalue weighted by Gasteiger charge is 2.33. The first-order valence-electron chi connectivity index (χ1n) is 6.99. The minimum atomic E-state index is 0.0437. The third kappa shape index (κ3) is 4.07. The van der Waals surface area contributed by atoms with Crippen molar-refractivity contribution in [2.75, 3.05) is 0 Å². The first kappa shape index (κ1) is 14.5. The summed E-state index contributed by atoms with van der Waals surface area (Å²) in [6, 6.07) is 2.23. The van der Waals surface area contributed by atoms with Gasteiger partial charge in [-0.2, -0.15) is 0 Å². The maximum atomic E-state index is 6.66. The Morgan fingerprint density at radius 2 is 2.33 bits per heavy atom. The molecule has 18 heavy (non-hydrogen) atoms. The van der Waals surface area contributed by atoms with Gasteiger partial charge in [-0.15, -0.1) is 11.3 Å². The molecule has 0 radical (unpaired) electrons. The van der Waals surface area contributed by atoms with E-state index >= 15 is 0 Å². The maximum Gasteiger partial charge on any atom is 0.0285 e. The second kappa shape index (κ2) is 6.06. The van der Waals surface area contributed by atoms with Gasteiger partial charge in [-0.3, -0.25) is 0 Å². The van der Waals surface area contributed by atoms with E-state index in [2.05, 4.69) is 41.2 Å². The fourth-order valence-electron chi connectivity index (χ4n) is 3.34. The normalized spacial score (nSPS) is 28.8. The third-order valence-electron chi connectivity index (χ3n) is 3.94. The molecule has 0 bridgehead atoms. The molecule has 102 valence electrons. The Morgan fingerprint density at radius 1 is 1.56 bits per heavy atom. The number of nitrogens with two attached hydrogens (primary N) is 1. The predicted molar refractivity (Wildman–Crippen MR) is 84.1 cm³/mol. The number of halogens is 1. The molecule has 1 fully saturated rings. The monoisotopic (exact) mass is 329 g/mol. The van der Waals surface area contributed by atoms with Crippen LogP contribution in [0.15, 0.2) is 15.9 Å². The summed E-state index contributed by atoms with van der Waals surface area (Å²) in [6.45, 7) is 4.65. The van der Waals surface area contributed by atoms with Crippen LogP contribution >= 0.6 is 27.3 Å². The van der Waals surface area contributed by atoms with E-state index in [-0.39, 0.29) is 5.54 Å². The molecule has 1 aliphatic carbocycles. The average molecular weight is 330 g/mol. The first-order valence-corrected chi connectivity index (χ1v) is 8.66. The van der Waals surface area contributed by atoms with Crippen LogP contribution in [0.25, 0.3) is 0 Å². The molecule has 1 saturated carbocycles. The highest BCUT2D eigenvalue weighted by molar-refractivity contribution is 9.10. The lowest BCUT2D eigenvalue weighted by molar-refractivity contribution is 0.201. The van der Waals surface area contributed by atoms with Gasteiger partial charge in [0.1, 0.15) is 0 Å². The lowest BCUT2D eigenvalue weighted by Gasteiger charge is -2.38. The number of thiophene rings is 1. The largest absolute Gasteiger partial charge is 0.325 e. The van der Waals surface area contributed by atoms with Crippen molar-refractivity contribution in [3.05, 3.63) is 20.8 Å². The standard InChI is InChI=1S/C15H24BrNS/c1-11(2)6-12-4-3-5-15(17,8-12)9-14-7-13(16)10-18-14/h7,10-12H,3-6,8-9,17H2,1-2H3. The van der Waals surface area contributed by atoms with Gasteiger partial charge in [-0.25, -0.2) is 0 Å². The van der Waals surface area contributed by atoms with Crippen LogP contribution in [0.4, 0.5) is 0 Å². The van der Waals surface area contributed by atoms with Crippen molar-refractivity contribution in [3.63, 3.8) is 0 Å². The number of rotatable bonds is 4. The highest BCUT2D eigenvalue weighted by Crippen LogP contribution is 2.37. The summed E-state index contributed by atoms with van der Waals surface area (Å²) in [5.41, 5.74) is 6.70. The topological polar surface area (TPSA) is 26.0 Å². The Bertz CT molecular complexity index is 388. The van der Waals surface area contributed by atoms with E-state index in [0.29, 0.717) is 0 Å². The van der Waals surface area contributed by atoms with Crippen LogP contribution in [-0.4, -0.2) is 5.54 Å². The molecule has 2 N–H and O–H groups in total. The fraction of sp³-hybridized carbons (Fsp3) is 0.733. The van der Waals surface area contributed by atoms with Crippen molar-refractivity contribution in [2.45, 2.75) is 57.9 Å². The Kier molecular flexibility index (Phi) is 4.90. The molecular weight excluding hydrogens is 306 g/mol. The van der Waals surface area contributed by atoms with Crippen LogP contribution in [0.2, 0.25) is 0 Å². The van der Waals surface area contributed by atoms with Crippen LogP contribution in [0, 0.1) is 11.8 Å². The van der Waals surface area contributed by atoms with Crippen LogP contribution in [0.3, 0.4) is 0 Å². The maximum absolute atomic E-state index is 6.66. The molecule has 1 aliphatic rings. The average Bonchev–Trinajstić information content (AvgIpc) is 2.62. The van der Waals surface area contributed by atoms with Crippen LogP contribution in [0.1, 0.15) is 50.8 Å². The summed E-state index contributed by atoms with van der Waals surface area (Å²) in [7, 11) is 0. The van der Waals surface area contributed by atoms with E-state index in [1.54, 1.807) is 0 Å². The molecule has 2 unspecified atom stereocenters. The van der Waals surface area contributed by atoms with Crippen molar-refractivity contribution in [1.29, 1.82) is 0 Å². The van der Waals surface area contributed by atoms with Gasteiger partial charge in [0.2, 0.25) is 0 Å². The van der Waals surface area contributed by atoms with Crippen molar-refractivity contribution in [2.24, 2.45) is 17.6 Å². The van der Waals surface area contributed by atoms with Crippen LogP contribution < -0.4 is 5.73 Å². The SMILES string of the molecule is CC(C)CC1CCCC(N)(Cc2cc(Br)cs2)C1. The molecule has 1 heterocycles. The summed E-state index contributed by atoms with van der Waals surface area (Å²) >= 11 is 5.36. The van der Waals surface area contributed by atoms with E-state index in [9.17, 15) is 0 Å². The predicted octanol–water partition coefficient (Wildman–Crippen LogP) is 4.99. The molecular formula is C15H24BrNS. The van der Waals surface area contributed by atoms with Gasteiger partial charge >= 0.3 is 0 Å². The van der Waals surface area contributed by atoms with E-state index in [1.807, 2.05) is 11.3 Å². The lowest BCUT2D eigenvalue weighted by Crippen LogP contribution is -2.46. The quantitative estimate of drug-likeness (QED) is 0.827. The molecule has 0 spiro atoms. The van der Waals surface area contributed by atoms with Gasteiger partial charge in [0.15, 0.2) is 0 Å². The van der Waals surface area contributed by atoms with Gasteiger partial charge < -0.3 is 5.73 Å². The fourth-order valence-corrected chi connectivity index (χ4v) is 4.95. The van der Waals surface area contributed by atoms with Gasteiger partial charge in [0.25, 0.3) is 0 Å². The van der Waals surface area contributed by atoms with Gasteiger partial charge in [0.05, 0.1) is 0 Å². The van der Waals surface area contributed by atoms with Crippen molar-refractivity contribution in [1.82, 2.24) is 0 Å². The summed E-state index contributed by atoms with van der Waals surface area (Å²) in [4.78, 5) is 1.43. The Hall–Kier alpha value is 0.140. The molecule has 1 aromatic heterocycles. The molecule has 1 nitrogen and oxygen atoms in total. The minimum Gasteiger partial charge on any atom is -0.325 e. The summed E-state index contributed by atoms with van der Waals surface area (Å²) < 4.78 is 1.20. The van der Waals surface area contributed by atoms with Gasteiger partial charge in [-0.05, 0) is 59.5 Å². The third-order valence-corrected chi connectivity index (χ3v) is 5.63. The zero-order valence-electron chi connectivity index (χ0n) is 11.4. The van der Waals surface area contributed by atoms with Crippen molar-refractivity contribution in [3.8, 4) is 0 Å². The highest BCUT2D eigenvalue weighted by atomic mass is 79.9. The summed E-state index contributed by atoms with van der Waals surface area (Å²) in [5, 5.41) is 2.16. The molecule has 3 heteroatoms. The Labute approximate surface area is 123 Å². The minimum absolute atomic E-state index is 0.0437.